The predicted octanol–water partition coefficient (Wildman–Crippen LogP) is 3.44. The van der Waals surface area contributed by atoms with Gasteiger partial charge in [0.05, 0.1) is 18.2 Å². The zero-order valence-electron chi connectivity index (χ0n) is 17.5. The molecule has 0 spiro atoms. The number of rotatable bonds is 12. The van der Waals surface area contributed by atoms with Gasteiger partial charge in [-0.1, -0.05) is 0 Å². The average Bonchev–Trinajstić information content (AvgIpc) is 2.63. The Kier molecular flexibility index (Phi) is 11.0. The molecule has 0 bridgehead atoms. The summed E-state index contributed by atoms with van der Waals surface area (Å²) < 4.78 is 15.2. The number of hydrogen-bond acceptors (Lipinski definition) is 9. The van der Waals surface area contributed by atoms with Crippen molar-refractivity contribution in [2.24, 2.45) is 10.2 Å². The van der Waals surface area contributed by atoms with Crippen LogP contribution in [0.1, 0.15) is 67.2 Å². The molecule has 0 aliphatic rings. The van der Waals surface area contributed by atoms with Crippen LogP contribution in [0.15, 0.2) is 10.2 Å². The lowest BCUT2D eigenvalue weighted by atomic mass is 9.97. The molecule has 0 saturated carbocycles. The Hall–Kier alpha value is -2.52. The number of carbonyl (C=O) groups excluding carboxylic acids is 2. The number of hydrogen-bond donors (Lipinski definition) is 0. The van der Waals surface area contributed by atoms with Crippen molar-refractivity contribution in [2.75, 3.05) is 6.61 Å². The van der Waals surface area contributed by atoms with E-state index < -0.39 is 29.3 Å². The molecular formula is C19H30N4O5. The maximum Gasteiger partial charge on any atom is 0.308 e. The molecule has 0 aromatic heterocycles. The molecule has 0 fully saturated rings. The van der Waals surface area contributed by atoms with Crippen LogP contribution in [-0.2, 0) is 23.8 Å². The normalized spacial score (nSPS) is 16.5. The Morgan fingerprint density at radius 2 is 1.36 bits per heavy atom. The van der Waals surface area contributed by atoms with Gasteiger partial charge in [0.2, 0.25) is 0 Å². The number of carbonyl (C=O) groups is 2. The maximum absolute atomic E-state index is 11.8. The van der Waals surface area contributed by atoms with Gasteiger partial charge < -0.3 is 14.2 Å². The minimum atomic E-state index is -1.30. The molecule has 0 radical (unpaired) electrons. The average molecular weight is 394 g/mol. The van der Waals surface area contributed by atoms with Gasteiger partial charge in [-0.15, -0.1) is 0 Å². The first-order chi connectivity index (χ1) is 13.0. The summed E-state index contributed by atoms with van der Waals surface area (Å²) in [5, 5.41) is 26.8. The van der Waals surface area contributed by atoms with Crippen molar-refractivity contribution in [3.05, 3.63) is 0 Å². The molecule has 9 heteroatoms. The van der Waals surface area contributed by atoms with E-state index in [4.69, 9.17) is 14.2 Å². The van der Waals surface area contributed by atoms with Crippen LogP contribution in [0.2, 0.25) is 0 Å². The lowest BCUT2D eigenvalue weighted by Crippen LogP contribution is -2.26. The molecule has 9 nitrogen and oxygen atoms in total. The third-order valence-corrected chi connectivity index (χ3v) is 3.67. The zero-order valence-corrected chi connectivity index (χ0v) is 17.5. The van der Waals surface area contributed by atoms with Crippen LogP contribution < -0.4 is 0 Å². The molecule has 0 saturated heterocycles. The Morgan fingerprint density at radius 3 is 1.71 bits per heavy atom. The fraction of sp³-hybridized carbons (Fsp3) is 0.789. The smallest absolute Gasteiger partial charge is 0.308 e. The van der Waals surface area contributed by atoms with Crippen molar-refractivity contribution in [3.63, 3.8) is 0 Å². The van der Waals surface area contributed by atoms with Crippen molar-refractivity contribution in [2.45, 2.75) is 90.7 Å². The number of nitriles is 2. The summed E-state index contributed by atoms with van der Waals surface area (Å²) in [4.78, 5) is 23.5. The summed E-state index contributed by atoms with van der Waals surface area (Å²) in [5.41, 5.74) is -2.58. The first-order valence-electron chi connectivity index (χ1n) is 9.26. The van der Waals surface area contributed by atoms with E-state index in [9.17, 15) is 20.1 Å². The van der Waals surface area contributed by atoms with Gasteiger partial charge in [-0.25, -0.2) is 0 Å². The van der Waals surface area contributed by atoms with Crippen molar-refractivity contribution in [1.82, 2.24) is 0 Å². The monoisotopic (exact) mass is 394 g/mol. The molecule has 3 unspecified atom stereocenters. The summed E-state index contributed by atoms with van der Waals surface area (Å²) in [6, 6.07) is 4.00. The second-order valence-electron chi connectivity index (χ2n) is 7.02. The van der Waals surface area contributed by atoms with Crippen molar-refractivity contribution < 1.29 is 23.8 Å². The number of esters is 2. The van der Waals surface area contributed by atoms with E-state index in [1.807, 2.05) is 12.1 Å². The van der Waals surface area contributed by atoms with Crippen molar-refractivity contribution in [1.29, 1.82) is 10.5 Å². The van der Waals surface area contributed by atoms with Crippen molar-refractivity contribution >= 4 is 11.9 Å². The van der Waals surface area contributed by atoms with E-state index in [-0.39, 0.29) is 31.8 Å². The summed E-state index contributed by atoms with van der Waals surface area (Å²) >= 11 is 0. The highest BCUT2D eigenvalue weighted by Gasteiger charge is 2.30. The molecular weight excluding hydrogens is 364 g/mol. The van der Waals surface area contributed by atoms with E-state index in [1.54, 1.807) is 27.7 Å². The highest BCUT2D eigenvalue weighted by molar-refractivity contribution is 5.70. The lowest BCUT2D eigenvalue weighted by molar-refractivity contribution is -0.174. The SMILES string of the molecule is CCOC(C)OC(=O)CCC(C)(C#N)/N=N\C(C)(C#N)CCC(=O)OC(C)C. The third kappa shape index (κ3) is 10.6. The molecule has 3 atom stereocenters. The first kappa shape index (κ1) is 25.5. The topological polar surface area (TPSA) is 134 Å². The largest absolute Gasteiger partial charge is 0.463 e. The van der Waals surface area contributed by atoms with Crippen LogP contribution in [0.4, 0.5) is 0 Å². The van der Waals surface area contributed by atoms with Gasteiger partial charge in [0, 0.05) is 19.4 Å². The molecule has 0 heterocycles. The van der Waals surface area contributed by atoms with E-state index in [2.05, 4.69) is 10.2 Å². The van der Waals surface area contributed by atoms with Gasteiger partial charge in [0.15, 0.2) is 17.4 Å². The molecule has 0 N–H and O–H groups in total. The Bertz CT molecular complexity index is 637. The molecule has 156 valence electrons. The van der Waals surface area contributed by atoms with E-state index in [0.717, 1.165) is 0 Å². The first-order valence-corrected chi connectivity index (χ1v) is 9.26. The molecule has 0 aliphatic carbocycles. The summed E-state index contributed by atoms with van der Waals surface area (Å²) in [5.74, 6) is -0.946. The Morgan fingerprint density at radius 1 is 0.929 bits per heavy atom. The quantitative estimate of drug-likeness (QED) is 0.281. The fourth-order valence-electron chi connectivity index (χ4n) is 2.00. The third-order valence-electron chi connectivity index (χ3n) is 3.67. The minimum Gasteiger partial charge on any atom is -0.463 e. The van der Waals surface area contributed by atoms with Crippen LogP contribution in [0.25, 0.3) is 0 Å². The van der Waals surface area contributed by atoms with Crippen LogP contribution in [0.3, 0.4) is 0 Å². The number of nitrogens with zero attached hydrogens (tertiary/aromatic N) is 4. The second kappa shape index (κ2) is 12.0. The van der Waals surface area contributed by atoms with Gasteiger partial charge in [-0.3, -0.25) is 9.59 Å². The van der Waals surface area contributed by atoms with Gasteiger partial charge >= 0.3 is 11.9 Å². The van der Waals surface area contributed by atoms with Gasteiger partial charge in [-0.05, 0) is 54.4 Å². The van der Waals surface area contributed by atoms with Gasteiger partial charge in [-0.2, -0.15) is 20.8 Å². The number of azo groups is 1. The molecule has 0 aliphatic heterocycles. The highest BCUT2D eigenvalue weighted by Crippen LogP contribution is 2.24. The van der Waals surface area contributed by atoms with E-state index in [0.29, 0.717) is 6.61 Å². The van der Waals surface area contributed by atoms with Crippen LogP contribution >= 0.6 is 0 Å². The summed E-state index contributed by atoms with van der Waals surface area (Å²) in [7, 11) is 0. The standard InChI is InChI=1S/C19H30N4O5/c1-7-26-15(4)28-17(25)9-11-19(6,13-21)23-22-18(5,12-20)10-8-16(24)27-14(2)3/h14-15H,7-11H2,1-6H3/b23-22-. The molecule has 28 heavy (non-hydrogen) atoms. The second-order valence-corrected chi connectivity index (χ2v) is 7.02. The van der Waals surface area contributed by atoms with E-state index >= 15 is 0 Å². The van der Waals surface area contributed by atoms with Crippen LogP contribution in [-0.4, -0.2) is 42.0 Å². The molecule has 0 aromatic rings. The highest BCUT2D eigenvalue weighted by atomic mass is 16.7. The Labute approximate surface area is 166 Å². The molecule has 0 amide bonds. The van der Waals surface area contributed by atoms with Crippen LogP contribution in [0, 0.1) is 22.7 Å². The molecule has 0 aromatic carbocycles. The number of ether oxygens (including phenoxy) is 3. The summed E-state index contributed by atoms with van der Waals surface area (Å²) in [6.45, 7) is 10.3. The van der Waals surface area contributed by atoms with Crippen molar-refractivity contribution in [3.8, 4) is 12.1 Å². The van der Waals surface area contributed by atoms with Gasteiger partial charge in [0.1, 0.15) is 0 Å². The predicted molar refractivity (Wildman–Crippen MR) is 99.8 cm³/mol. The van der Waals surface area contributed by atoms with E-state index in [1.165, 1.54) is 13.8 Å². The zero-order chi connectivity index (χ0) is 21.8. The van der Waals surface area contributed by atoms with Gasteiger partial charge in [0.25, 0.3) is 0 Å². The van der Waals surface area contributed by atoms with Crippen LogP contribution in [0.5, 0.6) is 0 Å². The lowest BCUT2D eigenvalue weighted by Gasteiger charge is -2.20. The molecule has 0 rings (SSSR count). The minimum absolute atomic E-state index is 0.00612. The maximum atomic E-state index is 11.8. The Balaban J connectivity index is 4.86. The fourth-order valence-corrected chi connectivity index (χ4v) is 2.00. The summed E-state index contributed by atoms with van der Waals surface area (Å²) in [6.07, 6.45) is -0.777.